The molecule has 0 bridgehead atoms. The summed E-state index contributed by atoms with van der Waals surface area (Å²) in [7, 11) is 1.64. The molecule has 0 saturated carbocycles. The Labute approximate surface area is 137 Å². The Morgan fingerprint density at radius 1 is 1.13 bits per heavy atom. The number of aliphatic hydroxyl groups is 1. The first-order valence-electron chi connectivity index (χ1n) is 7.74. The number of hydrogen-bond donors (Lipinski definition) is 2. The first-order valence-corrected chi connectivity index (χ1v) is 7.74. The zero-order chi connectivity index (χ0) is 16.7. The lowest BCUT2D eigenvalue weighted by Crippen LogP contribution is -2.28. The largest absolute Gasteiger partial charge is 0.496 e. The fraction of sp³-hybridized carbons (Fsp3) is 0.316. The number of amides is 1. The van der Waals surface area contributed by atoms with Gasteiger partial charge in [0.2, 0.25) is 5.91 Å². The highest BCUT2D eigenvalue weighted by molar-refractivity contribution is 5.76. The number of aliphatic hydroxyl groups excluding tert-OH is 1. The molecule has 122 valence electrons. The maximum Gasteiger partial charge on any atom is 0.222 e. The van der Waals surface area contributed by atoms with E-state index in [-0.39, 0.29) is 18.2 Å². The normalized spacial score (nSPS) is 13.2. The van der Waals surface area contributed by atoms with Gasteiger partial charge < -0.3 is 15.2 Å². The third-order valence-electron chi connectivity index (χ3n) is 3.84. The number of carbonyl (C=O) groups is 1. The molecule has 0 heterocycles. The van der Waals surface area contributed by atoms with Gasteiger partial charge in [-0.05, 0) is 17.2 Å². The molecule has 0 saturated heterocycles. The third kappa shape index (κ3) is 4.83. The van der Waals surface area contributed by atoms with Gasteiger partial charge in [-0.15, -0.1) is 0 Å². The van der Waals surface area contributed by atoms with Crippen LogP contribution < -0.4 is 10.1 Å². The molecule has 4 nitrogen and oxygen atoms in total. The number of benzene rings is 2. The molecule has 4 heteroatoms. The highest BCUT2D eigenvalue weighted by Crippen LogP contribution is 2.25. The molecule has 2 rings (SSSR count). The number of rotatable bonds is 7. The zero-order valence-electron chi connectivity index (χ0n) is 13.5. The number of methoxy groups -OCH3 is 1. The van der Waals surface area contributed by atoms with Crippen LogP contribution in [0.3, 0.4) is 0 Å². The molecule has 0 aliphatic rings. The summed E-state index contributed by atoms with van der Waals surface area (Å²) in [5.41, 5.74) is 1.80. The van der Waals surface area contributed by atoms with Gasteiger partial charge >= 0.3 is 0 Å². The molecule has 2 unspecified atom stereocenters. The maximum absolute atomic E-state index is 12.0. The van der Waals surface area contributed by atoms with Crippen molar-refractivity contribution in [3.63, 3.8) is 0 Å². The lowest BCUT2D eigenvalue weighted by molar-refractivity contribution is -0.123. The van der Waals surface area contributed by atoms with Crippen LogP contribution >= 0.6 is 0 Å². The average Bonchev–Trinajstić information content (AvgIpc) is 2.60. The minimum absolute atomic E-state index is 0.0582. The van der Waals surface area contributed by atoms with Crippen LogP contribution in [0.25, 0.3) is 0 Å². The predicted octanol–water partition coefficient (Wildman–Crippen LogP) is 3.04. The fourth-order valence-electron chi connectivity index (χ4n) is 2.49. The average molecular weight is 313 g/mol. The van der Waals surface area contributed by atoms with Crippen molar-refractivity contribution in [3.05, 3.63) is 65.7 Å². The van der Waals surface area contributed by atoms with Crippen LogP contribution in [0.4, 0.5) is 0 Å². The molecule has 0 fully saturated rings. The minimum atomic E-state index is -0.780. The van der Waals surface area contributed by atoms with Gasteiger partial charge in [0, 0.05) is 12.5 Å². The second-order valence-electron chi connectivity index (χ2n) is 5.58. The summed E-state index contributed by atoms with van der Waals surface area (Å²) >= 11 is 0. The lowest BCUT2D eigenvalue weighted by Gasteiger charge is -2.17. The molecule has 0 aromatic heterocycles. The molecule has 0 radical (unpaired) electrons. The molecule has 23 heavy (non-hydrogen) atoms. The minimum Gasteiger partial charge on any atom is -0.496 e. The van der Waals surface area contributed by atoms with Crippen molar-refractivity contribution in [2.75, 3.05) is 13.7 Å². The standard InChI is InChI=1S/C19H23NO3/c1-14(16-10-6-7-11-18(16)23-2)13-20-19(22)12-17(21)15-8-4-3-5-9-15/h3-11,14,17,21H,12-13H2,1-2H3,(H,20,22). The number of carbonyl (C=O) groups excluding carboxylic acids is 1. The Bertz CT molecular complexity index is 628. The quantitative estimate of drug-likeness (QED) is 0.826. The van der Waals surface area contributed by atoms with Gasteiger partial charge in [0.05, 0.1) is 19.6 Å². The Balaban J connectivity index is 1.86. The molecule has 1 amide bonds. The van der Waals surface area contributed by atoms with Gasteiger partial charge in [0.1, 0.15) is 5.75 Å². The summed E-state index contributed by atoms with van der Waals surface area (Å²) in [5, 5.41) is 13.0. The molecule has 0 spiro atoms. The van der Waals surface area contributed by atoms with Crippen LogP contribution in [0.1, 0.15) is 36.5 Å². The Hall–Kier alpha value is -2.33. The summed E-state index contributed by atoms with van der Waals surface area (Å²) in [5.74, 6) is 0.783. The van der Waals surface area contributed by atoms with E-state index in [0.29, 0.717) is 6.54 Å². The van der Waals surface area contributed by atoms with Crippen molar-refractivity contribution in [2.45, 2.75) is 25.4 Å². The molecule has 2 atom stereocenters. The molecule has 0 aliphatic carbocycles. The smallest absolute Gasteiger partial charge is 0.222 e. The van der Waals surface area contributed by atoms with Crippen molar-refractivity contribution in [2.24, 2.45) is 0 Å². The lowest BCUT2D eigenvalue weighted by atomic mass is 10.00. The summed E-state index contributed by atoms with van der Waals surface area (Å²) in [6, 6.07) is 17.0. The van der Waals surface area contributed by atoms with Gasteiger partial charge in [0.15, 0.2) is 0 Å². The topological polar surface area (TPSA) is 58.6 Å². The van der Waals surface area contributed by atoms with Crippen LogP contribution in [0, 0.1) is 0 Å². The van der Waals surface area contributed by atoms with Crippen LogP contribution in [0.15, 0.2) is 54.6 Å². The van der Waals surface area contributed by atoms with E-state index >= 15 is 0 Å². The molecule has 2 aromatic rings. The number of para-hydroxylation sites is 1. The van der Waals surface area contributed by atoms with E-state index in [1.807, 2.05) is 61.5 Å². The van der Waals surface area contributed by atoms with E-state index < -0.39 is 6.10 Å². The zero-order valence-corrected chi connectivity index (χ0v) is 13.5. The molecule has 0 aliphatic heterocycles. The van der Waals surface area contributed by atoms with Crippen molar-refractivity contribution >= 4 is 5.91 Å². The van der Waals surface area contributed by atoms with Crippen molar-refractivity contribution in [3.8, 4) is 5.75 Å². The highest BCUT2D eigenvalue weighted by Gasteiger charge is 2.15. The van der Waals surface area contributed by atoms with Crippen molar-refractivity contribution in [1.29, 1.82) is 0 Å². The monoisotopic (exact) mass is 313 g/mol. The summed E-state index contributed by atoms with van der Waals surface area (Å²) in [6.45, 7) is 2.53. The van der Waals surface area contributed by atoms with Crippen LogP contribution in [-0.2, 0) is 4.79 Å². The van der Waals surface area contributed by atoms with E-state index in [0.717, 1.165) is 16.9 Å². The number of ether oxygens (including phenoxy) is 1. The van der Waals surface area contributed by atoms with E-state index in [2.05, 4.69) is 5.32 Å². The third-order valence-corrected chi connectivity index (χ3v) is 3.84. The van der Waals surface area contributed by atoms with E-state index in [1.165, 1.54) is 0 Å². The van der Waals surface area contributed by atoms with Gasteiger partial charge in [-0.3, -0.25) is 4.79 Å². The van der Waals surface area contributed by atoms with E-state index in [9.17, 15) is 9.90 Å². The first-order chi connectivity index (χ1) is 11.1. The number of nitrogens with one attached hydrogen (secondary N) is 1. The van der Waals surface area contributed by atoms with Gasteiger partial charge in [0.25, 0.3) is 0 Å². The van der Waals surface area contributed by atoms with Crippen molar-refractivity contribution in [1.82, 2.24) is 5.32 Å². The molecular formula is C19H23NO3. The van der Waals surface area contributed by atoms with Crippen molar-refractivity contribution < 1.29 is 14.6 Å². The van der Waals surface area contributed by atoms with Crippen LogP contribution in [-0.4, -0.2) is 24.7 Å². The predicted molar refractivity (Wildman–Crippen MR) is 90.4 cm³/mol. The molecular weight excluding hydrogens is 290 g/mol. The Kier molecular flexibility index (Phi) is 6.18. The highest BCUT2D eigenvalue weighted by atomic mass is 16.5. The second kappa shape index (κ2) is 8.34. The van der Waals surface area contributed by atoms with E-state index in [1.54, 1.807) is 7.11 Å². The van der Waals surface area contributed by atoms with Crippen LogP contribution in [0.5, 0.6) is 5.75 Å². The Morgan fingerprint density at radius 3 is 2.48 bits per heavy atom. The van der Waals surface area contributed by atoms with Gasteiger partial charge in [-0.2, -0.15) is 0 Å². The Morgan fingerprint density at radius 2 is 1.78 bits per heavy atom. The van der Waals surface area contributed by atoms with Gasteiger partial charge in [-0.1, -0.05) is 55.5 Å². The van der Waals surface area contributed by atoms with E-state index in [4.69, 9.17) is 4.74 Å². The first kappa shape index (κ1) is 17.0. The number of hydrogen-bond acceptors (Lipinski definition) is 3. The summed E-state index contributed by atoms with van der Waals surface area (Å²) in [4.78, 5) is 12.0. The maximum atomic E-state index is 12.0. The second-order valence-corrected chi connectivity index (χ2v) is 5.58. The fourth-order valence-corrected chi connectivity index (χ4v) is 2.49. The molecule has 2 N–H and O–H groups in total. The summed E-state index contributed by atoms with van der Waals surface area (Å²) < 4.78 is 5.34. The summed E-state index contributed by atoms with van der Waals surface area (Å²) in [6.07, 6.45) is -0.722. The van der Waals surface area contributed by atoms with Crippen LogP contribution in [0.2, 0.25) is 0 Å². The van der Waals surface area contributed by atoms with Gasteiger partial charge in [-0.25, -0.2) is 0 Å². The SMILES string of the molecule is COc1ccccc1C(C)CNC(=O)CC(O)c1ccccc1. The molecule has 2 aromatic carbocycles.